The molecule has 2 unspecified atom stereocenters. The normalized spacial score (nSPS) is 24.9. The molecule has 1 heterocycles. The molecule has 2 rings (SSSR count). The van der Waals surface area contributed by atoms with E-state index in [2.05, 4.69) is 48.3 Å². The molecule has 0 radical (unpaired) electrons. The molecule has 1 fully saturated rings. The van der Waals surface area contributed by atoms with Gasteiger partial charge in [0, 0.05) is 30.9 Å². The van der Waals surface area contributed by atoms with Gasteiger partial charge in [-0.1, -0.05) is 25.1 Å². The maximum atomic E-state index is 9.44. The highest BCUT2D eigenvalue weighted by atomic mass is 16.3. The van der Waals surface area contributed by atoms with E-state index in [1.54, 1.807) is 0 Å². The molecule has 2 N–H and O–H groups in total. The fourth-order valence-corrected chi connectivity index (χ4v) is 2.69. The second kappa shape index (κ2) is 6.21. The second-order valence-electron chi connectivity index (χ2n) is 5.16. The third-order valence-corrected chi connectivity index (χ3v) is 3.73. The fourth-order valence-electron chi connectivity index (χ4n) is 2.69. The molecule has 0 spiro atoms. The van der Waals surface area contributed by atoms with Crippen molar-refractivity contribution < 1.29 is 5.11 Å². The number of aryl methyl sites for hydroxylation is 1. The van der Waals surface area contributed by atoms with E-state index < -0.39 is 0 Å². The number of rotatable bonds is 3. The Labute approximate surface area is 110 Å². The van der Waals surface area contributed by atoms with E-state index in [1.165, 1.54) is 11.3 Å². The molecule has 3 nitrogen and oxygen atoms in total. The van der Waals surface area contributed by atoms with Crippen LogP contribution in [0.15, 0.2) is 24.3 Å². The molecule has 100 valence electrons. The predicted octanol–water partition coefficient (Wildman–Crippen LogP) is 1.80. The van der Waals surface area contributed by atoms with Gasteiger partial charge in [0.25, 0.3) is 0 Å². The SMILES string of the molecule is CCc1ccccc1N1CCC(C)NC(CO)C1. The van der Waals surface area contributed by atoms with E-state index in [0.29, 0.717) is 6.04 Å². The van der Waals surface area contributed by atoms with Crippen LogP contribution in [-0.2, 0) is 6.42 Å². The van der Waals surface area contributed by atoms with E-state index in [1.807, 2.05) is 0 Å². The van der Waals surface area contributed by atoms with Crippen LogP contribution in [0.4, 0.5) is 5.69 Å². The number of aliphatic hydroxyl groups is 1. The Hall–Kier alpha value is -1.06. The number of aliphatic hydroxyl groups excluding tert-OH is 1. The monoisotopic (exact) mass is 248 g/mol. The standard InChI is InChI=1S/C15H24N2O/c1-3-13-6-4-5-7-15(13)17-9-8-12(2)16-14(10-17)11-18/h4-7,12,14,16,18H,3,8-11H2,1-2H3. The van der Waals surface area contributed by atoms with E-state index in [0.717, 1.165) is 25.9 Å². The summed E-state index contributed by atoms with van der Waals surface area (Å²) in [6.45, 7) is 6.54. The zero-order valence-electron chi connectivity index (χ0n) is 11.4. The molecule has 1 aromatic carbocycles. The molecule has 0 bridgehead atoms. The first-order valence-corrected chi connectivity index (χ1v) is 6.94. The first-order valence-electron chi connectivity index (χ1n) is 6.94. The van der Waals surface area contributed by atoms with Crippen LogP contribution in [0, 0.1) is 0 Å². The minimum Gasteiger partial charge on any atom is -0.395 e. The number of nitrogens with zero attached hydrogens (tertiary/aromatic N) is 1. The van der Waals surface area contributed by atoms with Crippen LogP contribution in [-0.4, -0.2) is 36.9 Å². The second-order valence-corrected chi connectivity index (χ2v) is 5.16. The van der Waals surface area contributed by atoms with Gasteiger partial charge in [0.15, 0.2) is 0 Å². The summed E-state index contributed by atoms with van der Waals surface area (Å²) in [5.74, 6) is 0. The summed E-state index contributed by atoms with van der Waals surface area (Å²) < 4.78 is 0. The van der Waals surface area contributed by atoms with Gasteiger partial charge in [-0.25, -0.2) is 0 Å². The van der Waals surface area contributed by atoms with Crippen LogP contribution >= 0.6 is 0 Å². The molecule has 0 aromatic heterocycles. The van der Waals surface area contributed by atoms with E-state index in [4.69, 9.17) is 0 Å². The summed E-state index contributed by atoms with van der Waals surface area (Å²) in [6, 6.07) is 9.25. The van der Waals surface area contributed by atoms with Crippen molar-refractivity contribution in [3.8, 4) is 0 Å². The molecular formula is C15H24N2O. The van der Waals surface area contributed by atoms with Crippen LogP contribution in [0.5, 0.6) is 0 Å². The molecule has 1 aromatic rings. The number of benzene rings is 1. The summed E-state index contributed by atoms with van der Waals surface area (Å²) in [5, 5.41) is 12.9. The minimum atomic E-state index is 0.174. The zero-order valence-corrected chi connectivity index (χ0v) is 11.4. The zero-order chi connectivity index (χ0) is 13.0. The largest absolute Gasteiger partial charge is 0.395 e. The Morgan fingerprint density at radius 1 is 1.39 bits per heavy atom. The van der Waals surface area contributed by atoms with Gasteiger partial charge in [-0.05, 0) is 31.4 Å². The van der Waals surface area contributed by atoms with E-state index in [-0.39, 0.29) is 12.6 Å². The molecule has 18 heavy (non-hydrogen) atoms. The van der Waals surface area contributed by atoms with Gasteiger partial charge in [0.1, 0.15) is 0 Å². The maximum absolute atomic E-state index is 9.44. The highest BCUT2D eigenvalue weighted by molar-refractivity contribution is 5.54. The Kier molecular flexibility index (Phi) is 4.61. The van der Waals surface area contributed by atoms with Crippen molar-refractivity contribution in [3.63, 3.8) is 0 Å². The lowest BCUT2D eigenvalue weighted by Gasteiger charge is -2.27. The average molecular weight is 248 g/mol. The Morgan fingerprint density at radius 2 is 2.17 bits per heavy atom. The molecule has 1 aliphatic heterocycles. The molecule has 1 saturated heterocycles. The number of nitrogens with one attached hydrogen (secondary N) is 1. The molecule has 0 amide bonds. The van der Waals surface area contributed by atoms with Crippen molar-refractivity contribution in [3.05, 3.63) is 29.8 Å². The van der Waals surface area contributed by atoms with Gasteiger partial charge < -0.3 is 15.3 Å². The number of anilines is 1. The van der Waals surface area contributed by atoms with Crippen LogP contribution in [0.2, 0.25) is 0 Å². The predicted molar refractivity (Wildman–Crippen MR) is 76.1 cm³/mol. The number of hydrogen-bond donors (Lipinski definition) is 2. The van der Waals surface area contributed by atoms with Crippen molar-refractivity contribution in [1.82, 2.24) is 5.32 Å². The first-order chi connectivity index (χ1) is 8.74. The Morgan fingerprint density at radius 3 is 2.89 bits per heavy atom. The molecule has 2 atom stereocenters. The summed E-state index contributed by atoms with van der Waals surface area (Å²) in [6.07, 6.45) is 2.17. The fraction of sp³-hybridized carbons (Fsp3) is 0.600. The number of hydrogen-bond acceptors (Lipinski definition) is 3. The summed E-state index contributed by atoms with van der Waals surface area (Å²) in [4.78, 5) is 2.41. The highest BCUT2D eigenvalue weighted by Crippen LogP contribution is 2.23. The van der Waals surface area contributed by atoms with Gasteiger partial charge in [-0.15, -0.1) is 0 Å². The van der Waals surface area contributed by atoms with E-state index in [9.17, 15) is 5.11 Å². The molecule has 1 aliphatic rings. The highest BCUT2D eigenvalue weighted by Gasteiger charge is 2.21. The van der Waals surface area contributed by atoms with Crippen molar-refractivity contribution in [2.45, 2.75) is 38.8 Å². The molecule has 3 heteroatoms. The lowest BCUT2D eigenvalue weighted by Crippen LogP contribution is -2.42. The van der Waals surface area contributed by atoms with Crippen LogP contribution in [0.25, 0.3) is 0 Å². The van der Waals surface area contributed by atoms with Crippen molar-refractivity contribution in [1.29, 1.82) is 0 Å². The summed E-state index contributed by atoms with van der Waals surface area (Å²) in [5.41, 5.74) is 2.72. The van der Waals surface area contributed by atoms with Gasteiger partial charge in [0.05, 0.1) is 6.61 Å². The van der Waals surface area contributed by atoms with Crippen molar-refractivity contribution in [2.75, 3.05) is 24.6 Å². The third-order valence-electron chi connectivity index (χ3n) is 3.73. The first kappa shape index (κ1) is 13.4. The van der Waals surface area contributed by atoms with Gasteiger partial charge in [0.2, 0.25) is 0 Å². The Bertz CT molecular complexity index is 381. The molecule has 0 saturated carbocycles. The lowest BCUT2D eigenvalue weighted by atomic mass is 10.1. The number of para-hydroxylation sites is 1. The van der Waals surface area contributed by atoms with Gasteiger partial charge in [-0.2, -0.15) is 0 Å². The maximum Gasteiger partial charge on any atom is 0.0602 e. The van der Waals surface area contributed by atoms with E-state index >= 15 is 0 Å². The molecule has 0 aliphatic carbocycles. The van der Waals surface area contributed by atoms with Gasteiger partial charge in [-0.3, -0.25) is 0 Å². The average Bonchev–Trinajstić information content (AvgIpc) is 2.60. The Balaban J connectivity index is 2.20. The van der Waals surface area contributed by atoms with Crippen LogP contribution in [0.3, 0.4) is 0 Å². The van der Waals surface area contributed by atoms with Crippen molar-refractivity contribution >= 4 is 5.69 Å². The topological polar surface area (TPSA) is 35.5 Å². The quantitative estimate of drug-likeness (QED) is 0.856. The van der Waals surface area contributed by atoms with Gasteiger partial charge >= 0.3 is 0 Å². The van der Waals surface area contributed by atoms with Crippen molar-refractivity contribution in [2.24, 2.45) is 0 Å². The third kappa shape index (κ3) is 3.03. The van der Waals surface area contributed by atoms with Crippen LogP contribution in [0.1, 0.15) is 25.8 Å². The lowest BCUT2D eigenvalue weighted by molar-refractivity contribution is 0.240. The smallest absolute Gasteiger partial charge is 0.0602 e. The molecular weight excluding hydrogens is 224 g/mol. The minimum absolute atomic E-state index is 0.174. The summed E-state index contributed by atoms with van der Waals surface area (Å²) >= 11 is 0. The van der Waals surface area contributed by atoms with Crippen LogP contribution < -0.4 is 10.2 Å². The summed E-state index contributed by atoms with van der Waals surface area (Å²) in [7, 11) is 0.